The van der Waals surface area contributed by atoms with Crippen LogP contribution in [0.2, 0.25) is 0 Å². The summed E-state index contributed by atoms with van der Waals surface area (Å²) in [6.45, 7) is 12.1. The molecule has 1 saturated heterocycles. The van der Waals surface area contributed by atoms with Crippen LogP contribution < -0.4 is 5.32 Å². The van der Waals surface area contributed by atoms with E-state index in [2.05, 4.69) is 39.9 Å². The molecule has 2 nitrogen and oxygen atoms in total. The minimum absolute atomic E-state index is 0.147. The van der Waals surface area contributed by atoms with E-state index >= 15 is 0 Å². The predicted octanol–water partition coefficient (Wildman–Crippen LogP) is 1.78. The highest BCUT2D eigenvalue weighted by atomic mass is 16.3. The highest BCUT2D eigenvalue weighted by molar-refractivity contribution is 4.97. The van der Waals surface area contributed by atoms with Crippen LogP contribution in [0.1, 0.15) is 41.0 Å². The molecule has 1 fully saturated rings. The van der Waals surface area contributed by atoms with E-state index in [1.807, 2.05) is 0 Å². The van der Waals surface area contributed by atoms with Crippen molar-refractivity contribution in [1.82, 2.24) is 5.32 Å². The smallest absolute Gasteiger partial charge is 0.0679 e. The number of β-amino-alcohol motifs (C(OH)–C–C–N with tert-alkyl or cyclic N) is 1. The standard InChI is InChI=1S/C11H23NO/c1-10(2,3)11(4,5)9-6-8(13)7-12-9/h8-9,12-13H,6-7H2,1-5H3. The fraction of sp³-hybridized carbons (Fsp3) is 1.00. The van der Waals surface area contributed by atoms with Crippen molar-refractivity contribution < 1.29 is 5.11 Å². The van der Waals surface area contributed by atoms with Crippen LogP contribution in [0, 0.1) is 10.8 Å². The second kappa shape index (κ2) is 3.25. The van der Waals surface area contributed by atoms with Crippen LogP contribution in [0.3, 0.4) is 0 Å². The highest BCUT2D eigenvalue weighted by Crippen LogP contribution is 2.43. The summed E-state index contributed by atoms with van der Waals surface area (Å²) in [6.07, 6.45) is 0.746. The Labute approximate surface area is 81.7 Å². The van der Waals surface area contributed by atoms with Crippen molar-refractivity contribution in [3.05, 3.63) is 0 Å². The molecule has 1 aliphatic heterocycles. The Morgan fingerprint density at radius 3 is 2.00 bits per heavy atom. The number of rotatable bonds is 1. The zero-order valence-corrected chi connectivity index (χ0v) is 9.52. The SMILES string of the molecule is CC(C)(C)C(C)(C)C1CC(O)CN1. The van der Waals surface area contributed by atoms with E-state index in [1.165, 1.54) is 0 Å². The molecular formula is C11H23NO. The van der Waals surface area contributed by atoms with E-state index in [4.69, 9.17) is 0 Å². The largest absolute Gasteiger partial charge is 0.392 e. The fourth-order valence-corrected chi connectivity index (χ4v) is 1.79. The first-order valence-electron chi connectivity index (χ1n) is 5.16. The molecule has 0 bridgehead atoms. The Bertz CT molecular complexity index is 181. The quantitative estimate of drug-likeness (QED) is 0.652. The zero-order valence-electron chi connectivity index (χ0n) is 9.52. The maximum Gasteiger partial charge on any atom is 0.0679 e. The van der Waals surface area contributed by atoms with Gasteiger partial charge in [0.2, 0.25) is 0 Å². The van der Waals surface area contributed by atoms with E-state index in [1.54, 1.807) is 0 Å². The molecule has 2 unspecified atom stereocenters. The predicted molar refractivity (Wildman–Crippen MR) is 55.7 cm³/mol. The molecule has 1 rings (SSSR count). The molecule has 1 aliphatic rings. The first-order valence-corrected chi connectivity index (χ1v) is 5.16. The third kappa shape index (κ3) is 2.05. The lowest BCUT2D eigenvalue weighted by Gasteiger charge is -2.43. The maximum absolute atomic E-state index is 9.47. The van der Waals surface area contributed by atoms with Crippen LogP contribution in [0.5, 0.6) is 0 Å². The van der Waals surface area contributed by atoms with Gasteiger partial charge in [0.25, 0.3) is 0 Å². The lowest BCUT2D eigenvalue weighted by molar-refractivity contribution is 0.0795. The van der Waals surface area contributed by atoms with Gasteiger partial charge in [-0.25, -0.2) is 0 Å². The van der Waals surface area contributed by atoms with E-state index in [9.17, 15) is 5.11 Å². The van der Waals surface area contributed by atoms with Gasteiger partial charge in [-0.2, -0.15) is 0 Å². The summed E-state index contributed by atoms with van der Waals surface area (Å²) < 4.78 is 0. The molecule has 2 N–H and O–H groups in total. The molecule has 1 heterocycles. The molecule has 0 saturated carbocycles. The lowest BCUT2D eigenvalue weighted by Crippen LogP contribution is -2.45. The summed E-state index contributed by atoms with van der Waals surface area (Å²) in [5.41, 5.74) is 0.499. The van der Waals surface area contributed by atoms with Crippen LogP contribution in [-0.4, -0.2) is 23.8 Å². The highest BCUT2D eigenvalue weighted by Gasteiger charge is 2.42. The molecule has 78 valence electrons. The molecule has 13 heavy (non-hydrogen) atoms. The monoisotopic (exact) mass is 185 g/mol. The van der Waals surface area contributed by atoms with Crippen LogP contribution in [0.15, 0.2) is 0 Å². The van der Waals surface area contributed by atoms with E-state index in [0.717, 1.165) is 13.0 Å². The Balaban J connectivity index is 2.70. The molecule has 0 aliphatic carbocycles. The maximum atomic E-state index is 9.47. The third-order valence-corrected chi connectivity index (χ3v) is 3.91. The van der Waals surface area contributed by atoms with Gasteiger partial charge in [0.15, 0.2) is 0 Å². The van der Waals surface area contributed by atoms with E-state index in [-0.39, 0.29) is 16.9 Å². The summed E-state index contributed by atoms with van der Waals surface area (Å²) in [7, 11) is 0. The fourth-order valence-electron chi connectivity index (χ4n) is 1.79. The summed E-state index contributed by atoms with van der Waals surface area (Å²) in [6, 6.07) is 0.447. The Hall–Kier alpha value is -0.0800. The van der Waals surface area contributed by atoms with Crippen molar-refractivity contribution >= 4 is 0 Å². The van der Waals surface area contributed by atoms with Gasteiger partial charge in [-0.05, 0) is 17.3 Å². The summed E-state index contributed by atoms with van der Waals surface area (Å²) in [4.78, 5) is 0. The van der Waals surface area contributed by atoms with Crippen molar-refractivity contribution in [1.29, 1.82) is 0 Å². The van der Waals surface area contributed by atoms with Crippen LogP contribution in [0.25, 0.3) is 0 Å². The van der Waals surface area contributed by atoms with Gasteiger partial charge in [-0.3, -0.25) is 0 Å². The van der Waals surface area contributed by atoms with Crippen molar-refractivity contribution in [3.8, 4) is 0 Å². The molecule has 0 aromatic heterocycles. The Morgan fingerprint density at radius 1 is 1.15 bits per heavy atom. The summed E-state index contributed by atoms with van der Waals surface area (Å²) >= 11 is 0. The Kier molecular flexibility index (Phi) is 2.75. The molecule has 0 spiro atoms. The number of aliphatic hydroxyl groups excluding tert-OH is 1. The van der Waals surface area contributed by atoms with Gasteiger partial charge < -0.3 is 10.4 Å². The van der Waals surface area contributed by atoms with E-state index < -0.39 is 0 Å². The molecule has 0 radical (unpaired) electrons. The normalized spacial score (nSPS) is 30.9. The van der Waals surface area contributed by atoms with Crippen molar-refractivity contribution in [2.75, 3.05) is 6.54 Å². The van der Waals surface area contributed by atoms with Gasteiger partial charge in [-0.15, -0.1) is 0 Å². The molecular weight excluding hydrogens is 162 g/mol. The van der Waals surface area contributed by atoms with Gasteiger partial charge in [0.05, 0.1) is 6.10 Å². The van der Waals surface area contributed by atoms with Crippen molar-refractivity contribution in [2.24, 2.45) is 10.8 Å². The van der Waals surface area contributed by atoms with Gasteiger partial charge in [0, 0.05) is 12.6 Å². The number of hydrogen-bond donors (Lipinski definition) is 2. The van der Waals surface area contributed by atoms with Crippen molar-refractivity contribution in [2.45, 2.75) is 53.2 Å². The molecule has 2 atom stereocenters. The summed E-state index contributed by atoms with van der Waals surface area (Å²) in [5, 5.41) is 12.9. The summed E-state index contributed by atoms with van der Waals surface area (Å²) in [5.74, 6) is 0. The van der Waals surface area contributed by atoms with Gasteiger partial charge in [0.1, 0.15) is 0 Å². The first kappa shape index (κ1) is 11.0. The second-order valence-electron chi connectivity index (χ2n) is 5.82. The average molecular weight is 185 g/mol. The molecule has 0 aromatic carbocycles. The van der Waals surface area contributed by atoms with Gasteiger partial charge in [-0.1, -0.05) is 34.6 Å². The number of aliphatic hydroxyl groups is 1. The average Bonchev–Trinajstić information content (AvgIpc) is 2.33. The third-order valence-electron chi connectivity index (χ3n) is 3.91. The van der Waals surface area contributed by atoms with Crippen LogP contribution in [0.4, 0.5) is 0 Å². The molecule has 0 aromatic rings. The zero-order chi connectivity index (χ0) is 10.3. The second-order valence-corrected chi connectivity index (χ2v) is 5.82. The number of hydrogen-bond acceptors (Lipinski definition) is 2. The topological polar surface area (TPSA) is 32.3 Å². The Morgan fingerprint density at radius 2 is 1.69 bits per heavy atom. The molecule has 2 heteroatoms. The minimum atomic E-state index is -0.147. The first-order chi connectivity index (χ1) is 5.75. The minimum Gasteiger partial charge on any atom is -0.392 e. The van der Waals surface area contributed by atoms with Crippen LogP contribution in [-0.2, 0) is 0 Å². The van der Waals surface area contributed by atoms with Gasteiger partial charge >= 0.3 is 0 Å². The molecule has 0 amide bonds. The van der Waals surface area contributed by atoms with Crippen LogP contribution >= 0.6 is 0 Å². The van der Waals surface area contributed by atoms with Crippen molar-refractivity contribution in [3.63, 3.8) is 0 Å². The number of nitrogens with one attached hydrogen (secondary N) is 1. The lowest BCUT2D eigenvalue weighted by atomic mass is 9.64. The van der Waals surface area contributed by atoms with E-state index in [0.29, 0.717) is 6.04 Å².